The van der Waals surface area contributed by atoms with Gasteiger partial charge in [0.1, 0.15) is 91.6 Å². The molecule has 10 fully saturated rings. The average molecular weight is 1040 g/mol. The van der Waals surface area contributed by atoms with Gasteiger partial charge in [-0.15, -0.1) is 0 Å². The van der Waals surface area contributed by atoms with Gasteiger partial charge in [-0.25, -0.2) is 0 Å². The summed E-state index contributed by atoms with van der Waals surface area (Å²) in [5.41, 5.74) is 0.293. The first-order valence-electron chi connectivity index (χ1n) is 26.7. The number of hydrogen-bond acceptors (Lipinski definition) is 22. The molecule has 0 amide bonds. The van der Waals surface area contributed by atoms with E-state index in [-0.39, 0.29) is 23.0 Å². The lowest BCUT2D eigenvalue weighted by Gasteiger charge is -2.61. The highest BCUT2D eigenvalue weighted by Crippen LogP contribution is 2.71. The number of rotatable bonds is 11. The summed E-state index contributed by atoms with van der Waals surface area (Å²) in [5.74, 6) is 3.06. The van der Waals surface area contributed by atoms with E-state index in [1.165, 1.54) is 12.8 Å². The van der Waals surface area contributed by atoms with Crippen molar-refractivity contribution in [1.82, 2.24) is 0 Å². The van der Waals surface area contributed by atoms with Crippen LogP contribution in [0.15, 0.2) is 0 Å². The second kappa shape index (κ2) is 21.1. The summed E-state index contributed by atoms with van der Waals surface area (Å²) >= 11 is 0. The van der Waals surface area contributed by atoms with Crippen LogP contribution in [-0.2, 0) is 47.4 Å². The van der Waals surface area contributed by atoms with Gasteiger partial charge in [0.15, 0.2) is 30.9 Å². The zero-order valence-electron chi connectivity index (χ0n) is 41.7. The maximum absolute atomic E-state index is 11.8. The van der Waals surface area contributed by atoms with Crippen LogP contribution in [0.1, 0.15) is 91.9 Å². The molecule has 22 nitrogen and oxygen atoms in total. The summed E-state index contributed by atoms with van der Waals surface area (Å²) in [7, 11) is 0. The highest BCUT2D eigenvalue weighted by molar-refractivity contribution is 5.15. The van der Waals surface area contributed by atoms with Crippen LogP contribution in [0.4, 0.5) is 0 Å². The molecule has 4 saturated carbocycles. The van der Waals surface area contributed by atoms with Crippen molar-refractivity contribution in [2.45, 2.75) is 227 Å². The molecule has 0 bridgehead atoms. The number of aliphatic hydroxyl groups is 12. The van der Waals surface area contributed by atoms with Crippen LogP contribution >= 0.6 is 0 Å². The molecular formula is C50H82O22. The fraction of sp³-hybridized carbons (Fsp3) is 1.00. The Bertz CT molecular complexity index is 1830. The van der Waals surface area contributed by atoms with Gasteiger partial charge in [-0.1, -0.05) is 27.7 Å². The van der Waals surface area contributed by atoms with Gasteiger partial charge in [-0.05, 0) is 104 Å². The molecule has 22 heteroatoms. The Hall–Kier alpha value is -0.880. The molecule has 6 aliphatic heterocycles. The van der Waals surface area contributed by atoms with Crippen molar-refractivity contribution in [1.29, 1.82) is 0 Å². The molecular weight excluding hydrogens is 953 g/mol. The summed E-state index contributed by atoms with van der Waals surface area (Å²) in [6.07, 6.45) is -22.9. The van der Waals surface area contributed by atoms with Crippen molar-refractivity contribution >= 4 is 0 Å². The lowest BCUT2D eigenvalue weighted by Crippen LogP contribution is -2.68. The lowest BCUT2D eigenvalue weighted by molar-refractivity contribution is -0.404. The number of fused-ring (bicyclic) bond motifs is 7. The number of aliphatic hydroxyl groups excluding tert-OH is 12. The molecule has 0 unspecified atom stereocenters. The standard InChI is InChI=1S/C50H82O22/c1-20-7-12-50(64-18-20)21(2)32-28(72-50)14-26-24-6-5-22-13-23(8-10-48(22,3)25(24)9-11-49(26,32)4)65-45-40(62)37(59)41(31(17-53)68-45)69-47-43(71-46-39(61)36(58)34(56)29(15-51)66-46)42(35(57)30(16-52)67-47)70-44-38(60)33(55)27(54)19-63-44/h20-47,51-62H,5-19H2,1-4H3/t20-,21+,22+,23+,24-,25-,26+,27-,28+,29-,30-,31-,32+,33+,34+,35-,36+,37-,38-,39-,40-,41-,42+,43-,44+,45-,46+,47+,48-,49+,50-/m1/s1. The summed E-state index contributed by atoms with van der Waals surface area (Å²) in [4.78, 5) is 0. The predicted octanol–water partition coefficient (Wildman–Crippen LogP) is -2.27. The zero-order chi connectivity index (χ0) is 51.3. The smallest absolute Gasteiger partial charge is 0.187 e. The van der Waals surface area contributed by atoms with Crippen molar-refractivity contribution in [2.24, 2.45) is 52.3 Å². The van der Waals surface area contributed by atoms with Crippen LogP contribution in [0.2, 0.25) is 0 Å². The predicted molar refractivity (Wildman–Crippen MR) is 242 cm³/mol. The monoisotopic (exact) mass is 1030 g/mol. The zero-order valence-corrected chi connectivity index (χ0v) is 41.7. The average Bonchev–Trinajstić information content (AvgIpc) is 3.82. The van der Waals surface area contributed by atoms with E-state index in [1.807, 2.05) is 0 Å². The van der Waals surface area contributed by atoms with Gasteiger partial charge in [0.2, 0.25) is 0 Å². The van der Waals surface area contributed by atoms with Crippen LogP contribution in [-0.4, -0.2) is 229 Å². The van der Waals surface area contributed by atoms with E-state index >= 15 is 0 Å². The molecule has 0 aromatic rings. The molecule has 4 aliphatic carbocycles. The minimum absolute atomic E-state index is 0.0916. The van der Waals surface area contributed by atoms with Gasteiger partial charge in [-0.2, -0.15) is 0 Å². The summed E-state index contributed by atoms with van der Waals surface area (Å²) in [6.45, 7) is 7.42. The Morgan fingerprint density at radius 2 is 1.14 bits per heavy atom. The third-order valence-electron chi connectivity index (χ3n) is 20.0. The quantitative estimate of drug-likeness (QED) is 0.0971. The van der Waals surface area contributed by atoms with Crippen LogP contribution in [0.3, 0.4) is 0 Å². The first kappa shape index (κ1) is 54.5. The van der Waals surface area contributed by atoms with Crippen molar-refractivity contribution < 1.29 is 109 Å². The van der Waals surface area contributed by atoms with Crippen molar-refractivity contribution in [3.63, 3.8) is 0 Å². The molecule has 0 aromatic heterocycles. The third-order valence-corrected chi connectivity index (χ3v) is 20.0. The Balaban J connectivity index is 0.812. The van der Waals surface area contributed by atoms with E-state index in [0.717, 1.165) is 51.6 Å². The lowest BCUT2D eigenvalue weighted by atomic mass is 9.44. The van der Waals surface area contributed by atoms with Crippen LogP contribution in [0.25, 0.3) is 0 Å². The molecule has 12 N–H and O–H groups in total. The van der Waals surface area contributed by atoms with Crippen molar-refractivity contribution in [3.05, 3.63) is 0 Å². The van der Waals surface area contributed by atoms with Crippen molar-refractivity contribution in [3.8, 4) is 0 Å². The summed E-state index contributed by atoms with van der Waals surface area (Å²) < 4.78 is 61.4. The molecule has 414 valence electrons. The van der Waals surface area contributed by atoms with Crippen LogP contribution < -0.4 is 0 Å². The maximum Gasteiger partial charge on any atom is 0.187 e. The van der Waals surface area contributed by atoms with Crippen molar-refractivity contribution in [2.75, 3.05) is 33.0 Å². The molecule has 6 saturated heterocycles. The fourth-order valence-electron chi connectivity index (χ4n) is 15.9. The number of hydrogen-bond donors (Lipinski definition) is 12. The number of ether oxygens (including phenoxy) is 10. The summed E-state index contributed by atoms with van der Waals surface area (Å²) in [6, 6.07) is 0. The molecule has 1 spiro atoms. The molecule has 10 rings (SSSR count). The van der Waals surface area contributed by atoms with E-state index in [1.54, 1.807) is 0 Å². The first-order valence-corrected chi connectivity index (χ1v) is 26.7. The molecule has 31 atom stereocenters. The van der Waals surface area contributed by atoms with Gasteiger partial charge in [0.05, 0.1) is 45.2 Å². The first-order chi connectivity index (χ1) is 34.3. The molecule has 72 heavy (non-hydrogen) atoms. The summed E-state index contributed by atoms with van der Waals surface area (Å²) in [5, 5.41) is 129. The molecule has 0 aromatic carbocycles. The largest absolute Gasteiger partial charge is 0.394 e. The van der Waals surface area contributed by atoms with Gasteiger partial charge < -0.3 is 109 Å². The third kappa shape index (κ3) is 9.26. The Morgan fingerprint density at radius 3 is 1.85 bits per heavy atom. The molecule has 6 heterocycles. The SMILES string of the molecule is C[C@@H]1CC[C@@]2(OC1)O[C@H]1C[C@H]3[C@@H]4CC[C@H]5C[C@@H](O[C@@H]6O[C@H](CO)[C@@H](O[C@@H]7O[C@H](CO)[C@@H](O)[C@H](O[C@@H]8OC[C@@H](O)[C@H](O)[C@H]8O)[C@H]7O[C@@H]7O[C@H](CO)[C@H](O)[C@H](O)[C@H]7O)[C@H](O)[C@H]6O)CC[C@@]5(C)[C@@H]4CC[C@]3(C)[C@H]1[C@@H]2C. The molecule has 10 aliphatic rings. The van der Waals surface area contributed by atoms with Gasteiger partial charge in [-0.3, -0.25) is 0 Å². The highest BCUT2D eigenvalue weighted by Gasteiger charge is 2.69. The van der Waals surface area contributed by atoms with E-state index in [0.29, 0.717) is 47.8 Å². The van der Waals surface area contributed by atoms with Crippen LogP contribution in [0, 0.1) is 52.3 Å². The minimum Gasteiger partial charge on any atom is -0.394 e. The Morgan fingerprint density at radius 1 is 0.514 bits per heavy atom. The Labute approximate surface area is 419 Å². The van der Waals surface area contributed by atoms with E-state index < -0.39 is 149 Å². The highest BCUT2D eigenvalue weighted by atomic mass is 16.8. The van der Waals surface area contributed by atoms with Gasteiger partial charge in [0, 0.05) is 12.3 Å². The minimum atomic E-state index is -2.00. The second-order valence-corrected chi connectivity index (χ2v) is 23.9. The van der Waals surface area contributed by atoms with E-state index in [4.69, 9.17) is 47.4 Å². The molecule has 0 radical (unpaired) electrons. The normalized spacial score (nSPS) is 57.8. The van der Waals surface area contributed by atoms with Gasteiger partial charge >= 0.3 is 0 Å². The van der Waals surface area contributed by atoms with Crippen LogP contribution in [0.5, 0.6) is 0 Å². The van der Waals surface area contributed by atoms with Gasteiger partial charge in [0.25, 0.3) is 0 Å². The maximum atomic E-state index is 11.8. The second-order valence-electron chi connectivity index (χ2n) is 23.9. The van der Waals surface area contributed by atoms with E-state index in [9.17, 15) is 61.3 Å². The topological polar surface area (TPSA) is 335 Å². The Kier molecular flexibility index (Phi) is 15.9. The van der Waals surface area contributed by atoms with E-state index in [2.05, 4.69) is 27.7 Å². The fourth-order valence-corrected chi connectivity index (χ4v) is 15.9.